The molecule has 0 bridgehead atoms. The molecule has 0 saturated heterocycles. The van der Waals surface area contributed by atoms with E-state index in [9.17, 15) is 0 Å². The van der Waals surface area contributed by atoms with Crippen LogP contribution in [0.25, 0.3) is 0 Å². The van der Waals surface area contributed by atoms with Crippen molar-refractivity contribution in [2.45, 2.75) is 132 Å². The third-order valence-corrected chi connectivity index (χ3v) is 6.64. The number of rotatable bonds is 16. The monoisotopic (exact) mass is 520 g/mol. The van der Waals surface area contributed by atoms with Gasteiger partial charge in [-0.25, -0.2) is 0 Å². The summed E-state index contributed by atoms with van der Waals surface area (Å²) in [6.45, 7) is 17.7. The standard InChI is InChI=1S/2C10H25O3P.C5H12/c2*1-10(2)8-6-4-3-5-7-9-14(11,12)13;1-5(2,3)4/h2*10-14H,3-9H2,1-2H3;1-4H3. The van der Waals surface area contributed by atoms with Crippen molar-refractivity contribution in [1.29, 1.82) is 0 Å². The summed E-state index contributed by atoms with van der Waals surface area (Å²) in [5.74, 6) is 1.56. The van der Waals surface area contributed by atoms with Gasteiger partial charge < -0.3 is 0 Å². The average molecular weight is 521 g/mol. The summed E-state index contributed by atoms with van der Waals surface area (Å²) in [5, 5.41) is 0. The van der Waals surface area contributed by atoms with Crippen molar-refractivity contribution in [2.75, 3.05) is 12.3 Å². The van der Waals surface area contributed by atoms with Gasteiger partial charge in [0, 0.05) is 0 Å². The predicted octanol–water partition coefficient (Wildman–Crippen LogP) is 6.96. The van der Waals surface area contributed by atoms with Gasteiger partial charge in [-0.1, -0.05) is 27.7 Å². The van der Waals surface area contributed by atoms with Crippen molar-refractivity contribution < 1.29 is 29.4 Å². The van der Waals surface area contributed by atoms with Crippen LogP contribution < -0.4 is 0 Å². The number of unbranched alkanes of at least 4 members (excludes halogenated alkanes) is 8. The third kappa shape index (κ3) is 59.8. The molecule has 0 aliphatic rings. The van der Waals surface area contributed by atoms with Crippen molar-refractivity contribution >= 4 is 15.9 Å². The summed E-state index contributed by atoms with van der Waals surface area (Å²) in [6, 6.07) is 0. The second kappa shape index (κ2) is 21.9. The topological polar surface area (TPSA) is 121 Å². The molecule has 8 heteroatoms. The summed E-state index contributed by atoms with van der Waals surface area (Å²) in [6.07, 6.45) is 13.6. The zero-order chi connectivity index (χ0) is 26.6. The first-order chi connectivity index (χ1) is 14.8. The first kappa shape index (κ1) is 38.2. The first-order valence-electron chi connectivity index (χ1n) is 13.2. The van der Waals surface area contributed by atoms with E-state index < -0.39 is 15.9 Å². The molecule has 0 radical (unpaired) electrons. The summed E-state index contributed by atoms with van der Waals surface area (Å²) < 4.78 is 0. The Morgan fingerprint density at radius 1 is 0.455 bits per heavy atom. The quantitative estimate of drug-likeness (QED) is 0.0966. The van der Waals surface area contributed by atoms with Gasteiger partial charge in [-0.15, -0.1) is 0 Å². The number of hydrogen-bond acceptors (Lipinski definition) is 6. The van der Waals surface area contributed by atoms with E-state index in [2.05, 4.69) is 55.4 Å². The van der Waals surface area contributed by atoms with Gasteiger partial charge in [0.05, 0.1) is 0 Å². The molecular formula is C25H62O6P2. The van der Waals surface area contributed by atoms with Gasteiger partial charge in [-0.2, -0.15) is 0 Å². The molecule has 0 aromatic carbocycles. The summed E-state index contributed by atoms with van der Waals surface area (Å²) in [7, 11) is -7.49. The Morgan fingerprint density at radius 2 is 0.667 bits per heavy atom. The number of hydrogen-bond donors (Lipinski definition) is 6. The van der Waals surface area contributed by atoms with Crippen molar-refractivity contribution in [1.82, 2.24) is 0 Å². The van der Waals surface area contributed by atoms with Crippen LogP contribution in [0.2, 0.25) is 0 Å². The fourth-order valence-corrected chi connectivity index (χ4v) is 4.34. The van der Waals surface area contributed by atoms with E-state index in [4.69, 9.17) is 29.4 Å². The van der Waals surface area contributed by atoms with Gasteiger partial charge in [0.15, 0.2) is 0 Å². The molecule has 33 heavy (non-hydrogen) atoms. The van der Waals surface area contributed by atoms with E-state index >= 15 is 0 Å². The predicted molar refractivity (Wildman–Crippen MR) is 150 cm³/mol. The van der Waals surface area contributed by atoms with Gasteiger partial charge in [0.2, 0.25) is 0 Å². The van der Waals surface area contributed by atoms with Crippen molar-refractivity contribution in [3.05, 3.63) is 0 Å². The van der Waals surface area contributed by atoms with Crippen molar-refractivity contribution in [2.24, 2.45) is 17.3 Å². The fourth-order valence-electron chi connectivity index (χ4n) is 2.89. The molecule has 208 valence electrons. The molecular weight excluding hydrogens is 458 g/mol. The Bertz CT molecular complexity index is 361. The van der Waals surface area contributed by atoms with Crippen LogP contribution in [-0.4, -0.2) is 41.7 Å². The second-order valence-corrected chi connectivity index (χ2v) is 16.0. The maximum absolute atomic E-state index is 8.74. The van der Waals surface area contributed by atoms with Crippen LogP contribution in [0.4, 0.5) is 0 Å². The molecule has 0 aromatic rings. The summed E-state index contributed by atoms with van der Waals surface area (Å²) in [5.41, 5.74) is 0.500. The second-order valence-electron chi connectivity index (χ2n) is 11.9. The van der Waals surface area contributed by atoms with E-state index in [1.807, 2.05) is 0 Å². The van der Waals surface area contributed by atoms with Gasteiger partial charge in [0.25, 0.3) is 0 Å². The van der Waals surface area contributed by atoms with Gasteiger partial charge in [-0.05, 0) is 5.41 Å². The fraction of sp³-hybridized carbons (Fsp3) is 1.00. The maximum atomic E-state index is 8.74. The minimum absolute atomic E-state index is 0.192. The zero-order valence-electron chi connectivity index (χ0n) is 23.2. The molecule has 0 atom stereocenters. The van der Waals surface area contributed by atoms with E-state index in [0.29, 0.717) is 5.41 Å². The van der Waals surface area contributed by atoms with Crippen molar-refractivity contribution in [3.63, 3.8) is 0 Å². The van der Waals surface area contributed by atoms with Crippen LogP contribution >= 0.6 is 15.9 Å². The molecule has 0 fully saturated rings. The molecule has 6 N–H and O–H groups in total. The Hall–Kier alpha value is 0.620. The van der Waals surface area contributed by atoms with Gasteiger partial charge in [0.1, 0.15) is 0 Å². The summed E-state index contributed by atoms with van der Waals surface area (Å²) in [4.78, 5) is 52.5. The van der Waals surface area contributed by atoms with E-state index in [0.717, 1.165) is 50.4 Å². The molecule has 0 aromatic heterocycles. The third-order valence-electron chi connectivity index (χ3n) is 4.59. The van der Waals surface area contributed by atoms with Crippen LogP contribution in [0, 0.1) is 17.3 Å². The average Bonchev–Trinajstić information content (AvgIpc) is 2.57. The Kier molecular flexibility index (Phi) is 25.3. The van der Waals surface area contributed by atoms with Crippen molar-refractivity contribution in [3.8, 4) is 0 Å². The van der Waals surface area contributed by atoms with Gasteiger partial charge in [-0.3, -0.25) is 0 Å². The SMILES string of the molecule is CC(C)(C)C.CC(C)CCCCCCC[PH](O)(O)O.CC(C)CCCCCCC[PH](O)(O)O. The normalized spacial score (nSPS) is 13.3. The van der Waals surface area contributed by atoms with Crippen LogP contribution in [0.1, 0.15) is 132 Å². The van der Waals surface area contributed by atoms with Crippen LogP contribution in [0.3, 0.4) is 0 Å². The van der Waals surface area contributed by atoms with E-state index in [1.165, 1.54) is 38.5 Å². The van der Waals surface area contributed by atoms with E-state index in [-0.39, 0.29) is 12.3 Å². The Balaban J connectivity index is -0.000000453. The molecule has 0 amide bonds. The van der Waals surface area contributed by atoms with E-state index in [1.54, 1.807) is 0 Å². The van der Waals surface area contributed by atoms with Crippen LogP contribution in [0.15, 0.2) is 0 Å². The van der Waals surface area contributed by atoms with Crippen LogP contribution in [-0.2, 0) is 0 Å². The first-order valence-corrected chi connectivity index (χ1v) is 17.3. The zero-order valence-corrected chi connectivity index (χ0v) is 25.2. The molecule has 0 aliphatic carbocycles. The molecule has 0 unspecified atom stereocenters. The van der Waals surface area contributed by atoms with Gasteiger partial charge >= 0.3 is 174 Å². The molecule has 0 saturated carbocycles. The molecule has 0 spiro atoms. The Labute approximate surface area is 207 Å². The molecule has 0 aliphatic heterocycles. The Morgan fingerprint density at radius 3 is 0.879 bits per heavy atom. The van der Waals surface area contributed by atoms with Crippen LogP contribution in [0.5, 0.6) is 0 Å². The molecule has 0 heterocycles. The minimum atomic E-state index is -3.74. The molecule has 6 nitrogen and oxygen atoms in total. The molecule has 0 rings (SSSR count). The summed E-state index contributed by atoms with van der Waals surface area (Å²) >= 11 is 0.